The van der Waals surface area contributed by atoms with Crippen molar-refractivity contribution in [1.82, 2.24) is 5.32 Å². The van der Waals surface area contributed by atoms with Crippen LogP contribution < -0.4 is 5.32 Å². The van der Waals surface area contributed by atoms with Crippen LogP contribution in [0.1, 0.15) is 13.8 Å². The van der Waals surface area contributed by atoms with E-state index in [0.717, 1.165) is 0 Å². The lowest BCUT2D eigenvalue weighted by Crippen LogP contribution is -2.39. The van der Waals surface area contributed by atoms with Crippen molar-refractivity contribution in [3.8, 4) is 0 Å². The van der Waals surface area contributed by atoms with Gasteiger partial charge in [0.25, 0.3) is 5.91 Å². The zero-order valence-electron chi connectivity index (χ0n) is 9.82. The number of carbonyl (C=O) groups is 2. The molecule has 1 amide bonds. The number of nitrogens with zero attached hydrogens (tertiary/aromatic N) is 1. The molecule has 0 aromatic carbocycles. The van der Waals surface area contributed by atoms with Gasteiger partial charge in [0, 0.05) is 11.8 Å². The minimum Gasteiger partial charge on any atom is -0.462 e. The third-order valence-corrected chi connectivity index (χ3v) is 2.08. The molecule has 0 aliphatic carbocycles. The summed E-state index contributed by atoms with van der Waals surface area (Å²) in [5.74, 6) is -0.780. The predicted molar refractivity (Wildman–Crippen MR) is 64.2 cm³/mol. The van der Waals surface area contributed by atoms with E-state index in [0.29, 0.717) is 11.4 Å². The number of amides is 1. The first-order chi connectivity index (χ1) is 8.13. The van der Waals surface area contributed by atoms with Crippen LogP contribution in [0.4, 0.5) is 0 Å². The summed E-state index contributed by atoms with van der Waals surface area (Å²) in [6.07, 6.45) is 4.52. The Hall–Kier alpha value is -2.17. The van der Waals surface area contributed by atoms with Crippen LogP contribution in [0.5, 0.6) is 0 Å². The first-order valence-corrected chi connectivity index (χ1v) is 5.19. The van der Waals surface area contributed by atoms with Gasteiger partial charge in [0.1, 0.15) is 11.4 Å². The molecule has 5 heteroatoms. The Morgan fingerprint density at radius 1 is 1.65 bits per heavy atom. The monoisotopic (exact) mass is 234 g/mol. The number of hydrogen-bond donors (Lipinski definition) is 1. The number of esters is 1. The largest absolute Gasteiger partial charge is 0.462 e. The second-order valence-electron chi connectivity index (χ2n) is 3.14. The highest BCUT2D eigenvalue weighted by atomic mass is 16.5. The standard InChI is InChI=1S/C12H14N2O3/c1-4-8-7-9(12(16)17-6-3)11(15)14-10(8)13-5-2/h4-5,7H,2,6H2,1,3H3,(H,13,14,15)/b8-4-. The summed E-state index contributed by atoms with van der Waals surface area (Å²) in [6, 6.07) is 0. The van der Waals surface area contributed by atoms with E-state index in [-0.39, 0.29) is 12.2 Å². The van der Waals surface area contributed by atoms with Gasteiger partial charge in [-0.3, -0.25) is 4.79 Å². The van der Waals surface area contributed by atoms with Gasteiger partial charge in [0.2, 0.25) is 0 Å². The molecule has 90 valence electrons. The van der Waals surface area contributed by atoms with Crippen LogP contribution in [0.3, 0.4) is 0 Å². The summed E-state index contributed by atoms with van der Waals surface area (Å²) < 4.78 is 4.78. The van der Waals surface area contributed by atoms with Crippen LogP contribution in [0.25, 0.3) is 0 Å². The molecule has 0 atom stereocenters. The minimum absolute atomic E-state index is 0.0250. The van der Waals surface area contributed by atoms with Gasteiger partial charge in [-0.05, 0) is 19.9 Å². The number of allylic oxidation sites excluding steroid dienone is 1. The quantitative estimate of drug-likeness (QED) is 0.587. The molecule has 0 radical (unpaired) electrons. The van der Waals surface area contributed by atoms with Crippen LogP contribution in [-0.4, -0.2) is 24.3 Å². The Labute approximate surface area is 99.6 Å². The Morgan fingerprint density at radius 3 is 2.88 bits per heavy atom. The Balaban J connectivity index is 3.10. The van der Waals surface area contributed by atoms with Gasteiger partial charge in [0.05, 0.1) is 6.61 Å². The number of hydrogen-bond acceptors (Lipinski definition) is 4. The molecule has 0 aromatic rings. The van der Waals surface area contributed by atoms with Crippen molar-refractivity contribution in [2.45, 2.75) is 13.8 Å². The summed E-state index contributed by atoms with van der Waals surface area (Å²) in [5.41, 5.74) is 0.621. The van der Waals surface area contributed by atoms with Crippen molar-refractivity contribution < 1.29 is 14.3 Å². The summed E-state index contributed by atoms with van der Waals surface area (Å²) in [6.45, 7) is 7.14. The average Bonchev–Trinajstić information content (AvgIpc) is 2.30. The number of aliphatic imine (C=N–C) groups is 1. The number of ether oxygens (including phenoxy) is 1. The minimum atomic E-state index is -0.637. The molecule has 0 saturated carbocycles. The van der Waals surface area contributed by atoms with Gasteiger partial charge in [0.15, 0.2) is 0 Å². The molecule has 0 spiro atoms. The fourth-order valence-corrected chi connectivity index (χ4v) is 1.32. The second kappa shape index (κ2) is 5.79. The van der Waals surface area contributed by atoms with Gasteiger partial charge in [-0.25, -0.2) is 9.79 Å². The van der Waals surface area contributed by atoms with E-state index in [2.05, 4.69) is 16.9 Å². The average molecular weight is 234 g/mol. The maximum absolute atomic E-state index is 11.6. The summed E-state index contributed by atoms with van der Waals surface area (Å²) in [5, 5.41) is 2.51. The van der Waals surface area contributed by atoms with E-state index in [4.69, 9.17) is 4.74 Å². The maximum Gasteiger partial charge on any atom is 0.343 e. The van der Waals surface area contributed by atoms with E-state index in [9.17, 15) is 9.59 Å². The molecule has 5 nitrogen and oxygen atoms in total. The molecule has 1 heterocycles. The van der Waals surface area contributed by atoms with Crippen LogP contribution in [0, 0.1) is 0 Å². The van der Waals surface area contributed by atoms with E-state index < -0.39 is 11.9 Å². The van der Waals surface area contributed by atoms with Crippen molar-refractivity contribution in [2.75, 3.05) is 6.61 Å². The van der Waals surface area contributed by atoms with Gasteiger partial charge in [-0.1, -0.05) is 12.7 Å². The first kappa shape index (κ1) is 12.9. The number of carbonyl (C=O) groups excluding carboxylic acids is 2. The topological polar surface area (TPSA) is 67.8 Å². The molecule has 1 rings (SSSR count). The fraction of sp³-hybridized carbons (Fsp3) is 0.250. The highest BCUT2D eigenvalue weighted by molar-refractivity contribution is 6.27. The van der Waals surface area contributed by atoms with Crippen molar-refractivity contribution in [2.24, 2.45) is 4.99 Å². The molecular weight excluding hydrogens is 220 g/mol. The van der Waals surface area contributed by atoms with Crippen LogP contribution in [0.2, 0.25) is 0 Å². The van der Waals surface area contributed by atoms with E-state index in [1.807, 2.05) is 0 Å². The van der Waals surface area contributed by atoms with Crippen molar-refractivity contribution in [1.29, 1.82) is 0 Å². The molecule has 0 bridgehead atoms. The number of nitrogens with one attached hydrogen (secondary N) is 1. The second-order valence-corrected chi connectivity index (χ2v) is 3.14. The molecule has 1 N–H and O–H groups in total. The third kappa shape index (κ3) is 2.90. The van der Waals surface area contributed by atoms with E-state index in [1.165, 1.54) is 12.3 Å². The highest BCUT2D eigenvalue weighted by Gasteiger charge is 2.26. The molecule has 0 fully saturated rings. The molecule has 0 saturated heterocycles. The van der Waals surface area contributed by atoms with Crippen molar-refractivity contribution in [3.63, 3.8) is 0 Å². The van der Waals surface area contributed by atoms with Crippen molar-refractivity contribution >= 4 is 17.7 Å². The van der Waals surface area contributed by atoms with E-state index in [1.54, 1.807) is 19.9 Å². The molecule has 0 aromatic heterocycles. The SMILES string of the molecule is C=CN=C1NC(=O)C(C(=O)OCC)=C/C1=C/C. The lowest BCUT2D eigenvalue weighted by Gasteiger charge is -2.16. The predicted octanol–water partition coefficient (Wildman–Crippen LogP) is 1.09. The van der Waals surface area contributed by atoms with Gasteiger partial charge in [-0.2, -0.15) is 0 Å². The van der Waals surface area contributed by atoms with Crippen LogP contribution in [0.15, 0.2) is 41.1 Å². The Bertz CT molecular complexity index is 445. The van der Waals surface area contributed by atoms with Gasteiger partial charge >= 0.3 is 5.97 Å². The smallest absolute Gasteiger partial charge is 0.343 e. The zero-order chi connectivity index (χ0) is 12.8. The lowest BCUT2D eigenvalue weighted by molar-refractivity contribution is -0.140. The molecule has 17 heavy (non-hydrogen) atoms. The zero-order valence-corrected chi connectivity index (χ0v) is 9.82. The van der Waals surface area contributed by atoms with Crippen LogP contribution in [-0.2, 0) is 14.3 Å². The van der Waals surface area contributed by atoms with Gasteiger partial charge in [-0.15, -0.1) is 0 Å². The molecule has 1 aliphatic heterocycles. The Morgan fingerprint density at radius 2 is 2.35 bits per heavy atom. The molecule has 1 aliphatic rings. The summed E-state index contributed by atoms with van der Waals surface area (Å²) >= 11 is 0. The third-order valence-electron chi connectivity index (χ3n) is 2.08. The maximum atomic E-state index is 11.6. The van der Waals surface area contributed by atoms with E-state index >= 15 is 0 Å². The normalized spacial score (nSPS) is 19.9. The number of amidine groups is 1. The fourth-order valence-electron chi connectivity index (χ4n) is 1.32. The van der Waals surface area contributed by atoms with Gasteiger partial charge < -0.3 is 10.1 Å². The first-order valence-electron chi connectivity index (χ1n) is 5.19. The Kier molecular flexibility index (Phi) is 4.39. The highest BCUT2D eigenvalue weighted by Crippen LogP contribution is 2.12. The van der Waals surface area contributed by atoms with Crippen molar-refractivity contribution in [3.05, 3.63) is 36.1 Å². The number of rotatable bonds is 3. The molecular formula is C12H14N2O3. The lowest BCUT2D eigenvalue weighted by atomic mass is 10.1. The molecule has 0 unspecified atom stereocenters. The summed E-state index contributed by atoms with van der Waals surface area (Å²) in [7, 11) is 0. The van der Waals surface area contributed by atoms with Crippen LogP contribution >= 0.6 is 0 Å². The summed E-state index contributed by atoms with van der Waals surface area (Å²) in [4.78, 5) is 27.0.